The smallest absolute Gasteiger partial charge is 0.0511 e. The molecule has 1 N–H and O–H groups in total. The van der Waals surface area contributed by atoms with Crippen molar-refractivity contribution in [3.05, 3.63) is 29.8 Å². The van der Waals surface area contributed by atoms with Gasteiger partial charge in [0.1, 0.15) is 0 Å². The van der Waals surface area contributed by atoms with E-state index in [9.17, 15) is 0 Å². The van der Waals surface area contributed by atoms with E-state index in [1.54, 1.807) is 0 Å². The number of hydrogen-bond donors (Lipinski definition) is 1. The molecule has 2 rings (SSSR count). The summed E-state index contributed by atoms with van der Waals surface area (Å²) < 4.78 is 5.55. The third-order valence-corrected chi connectivity index (χ3v) is 3.74. The van der Waals surface area contributed by atoms with Crippen LogP contribution in [0.2, 0.25) is 0 Å². The van der Waals surface area contributed by atoms with Gasteiger partial charge in [-0.1, -0.05) is 19.1 Å². The molecular formula is C16H26N2O. The molecule has 1 fully saturated rings. The lowest BCUT2D eigenvalue weighted by molar-refractivity contribution is 0.0576. The number of benzene rings is 1. The van der Waals surface area contributed by atoms with E-state index in [0.29, 0.717) is 5.92 Å². The highest BCUT2D eigenvalue weighted by Gasteiger charge is 2.16. The van der Waals surface area contributed by atoms with Crippen molar-refractivity contribution in [2.75, 3.05) is 38.3 Å². The van der Waals surface area contributed by atoms with E-state index < -0.39 is 0 Å². The molecule has 0 spiro atoms. The van der Waals surface area contributed by atoms with Gasteiger partial charge < -0.3 is 15.0 Å². The summed E-state index contributed by atoms with van der Waals surface area (Å²) >= 11 is 0. The lowest BCUT2D eigenvalue weighted by Gasteiger charge is -2.28. The summed E-state index contributed by atoms with van der Waals surface area (Å²) in [4.78, 5) is 2.34. The van der Waals surface area contributed by atoms with E-state index in [0.717, 1.165) is 32.8 Å². The molecule has 1 aliphatic heterocycles. The zero-order chi connectivity index (χ0) is 13.5. The summed E-state index contributed by atoms with van der Waals surface area (Å²) in [6.07, 6.45) is 2.50. The molecular weight excluding hydrogens is 236 g/mol. The van der Waals surface area contributed by atoms with Gasteiger partial charge in [-0.3, -0.25) is 0 Å². The zero-order valence-corrected chi connectivity index (χ0v) is 12.2. The molecule has 0 amide bonds. The summed E-state index contributed by atoms with van der Waals surface area (Å²) in [5.41, 5.74) is 2.64. The first-order valence-electron chi connectivity index (χ1n) is 7.38. The van der Waals surface area contributed by atoms with E-state index >= 15 is 0 Å². The van der Waals surface area contributed by atoms with Crippen LogP contribution in [-0.4, -0.2) is 33.4 Å². The Kier molecular flexibility index (Phi) is 5.67. The fraction of sp³-hybridized carbons (Fsp3) is 0.625. The number of hydrogen-bond acceptors (Lipinski definition) is 3. The Morgan fingerprint density at radius 1 is 1.32 bits per heavy atom. The van der Waals surface area contributed by atoms with Crippen molar-refractivity contribution in [2.24, 2.45) is 5.92 Å². The van der Waals surface area contributed by atoms with E-state index in [2.05, 4.69) is 48.5 Å². The van der Waals surface area contributed by atoms with Crippen LogP contribution in [0.5, 0.6) is 0 Å². The molecule has 3 heteroatoms. The molecule has 0 saturated carbocycles. The van der Waals surface area contributed by atoms with Gasteiger partial charge in [-0.05, 0) is 43.0 Å². The van der Waals surface area contributed by atoms with E-state index in [4.69, 9.17) is 4.74 Å². The minimum Gasteiger partial charge on any atom is -0.381 e. The molecule has 1 heterocycles. The topological polar surface area (TPSA) is 24.5 Å². The van der Waals surface area contributed by atoms with Crippen LogP contribution in [0, 0.1) is 5.92 Å². The Morgan fingerprint density at radius 3 is 2.74 bits per heavy atom. The maximum absolute atomic E-state index is 5.55. The summed E-state index contributed by atoms with van der Waals surface area (Å²) in [7, 11) is 2.17. The van der Waals surface area contributed by atoms with Gasteiger partial charge >= 0.3 is 0 Å². The van der Waals surface area contributed by atoms with Crippen molar-refractivity contribution in [1.82, 2.24) is 5.32 Å². The summed E-state index contributed by atoms with van der Waals surface area (Å²) in [6, 6.07) is 8.87. The molecule has 0 aromatic heterocycles. The van der Waals surface area contributed by atoms with E-state index in [1.165, 1.54) is 24.1 Å². The average Bonchev–Trinajstić information content (AvgIpc) is 2.46. The molecule has 0 bridgehead atoms. The second-order valence-electron chi connectivity index (χ2n) is 5.41. The lowest BCUT2D eigenvalue weighted by atomic mass is 10.0. The molecule has 19 heavy (non-hydrogen) atoms. The van der Waals surface area contributed by atoms with Gasteiger partial charge in [0.25, 0.3) is 0 Å². The van der Waals surface area contributed by atoms with Gasteiger partial charge in [0, 0.05) is 32.4 Å². The van der Waals surface area contributed by atoms with Crippen molar-refractivity contribution in [3.8, 4) is 0 Å². The van der Waals surface area contributed by atoms with Crippen LogP contribution in [0.4, 0.5) is 5.69 Å². The molecule has 1 unspecified atom stereocenters. The average molecular weight is 262 g/mol. The minimum atomic E-state index is 0.681. The first-order valence-corrected chi connectivity index (χ1v) is 7.38. The highest BCUT2D eigenvalue weighted by atomic mass is 16.5. The SMILES string of the molecule is CCNCc1ccc(N(C)CC2CCCOC2)cc1. The first kappa shape index (κ1) is 14.4. The van der Waals surface area contributed by atoms with Crippen molar-refractivity contribution in [2.45, 2.75) is 26.3 Å². The molecule has 1 saturated heterocycles. The van der Waals surface area contributed by atoms with Crippen molar-refractivity contribution >= 4 is 5.69 Å². The van der Waals surface area contributed by atoms with Crippen LogP contribution < -0.4 is 10.2 Å². The maximum Gasteiger partial charge on any atom is 0.0511 e. The number of rotatable bonds is 6. The quantitative estimate of drug-likeness (QED) is 0.853. The van der Waals surface area contributed by atoms with Crippen LogP contribution >= 0.6 is 0 Å². The molecule has 1 aromatic carbocycles. The van der Waals surface area contributed by atoms with Gasteiger partial charge in [0.15, 0.2) is 0 Å². The largest absolute Gasteiger partial charge is 0.381 e. The lowest BCUT2D eigenvalue weighted by Crippen LogP contribution is -2.30. The second-order valence-corrected chi connectivity index (χ2v) is 5.41. The third-order valence-electron chi connectivity index (χ3n) is 3.74. The fourth-order valence-electron chi connectivity index (χ4n) is 2.58. The van der Waals surface area contributed by atoms with Gasteiger partial charge in [-0.25, -0.2) is 0 Å². The minimum absolute atomic E-state index is 0.681. The van der Waals surface area contributed by atoms with Crippen LogP contribution in [0.25, 0.3) is 0 Å². The van der Waals surface area contributed by atoms with Crippen molar-refractivity contribution in [3.63, 3.8) is 0 Å². The van der Waals surface area contributed by atoms with Crippen LogP contribution in [0.3, 0.4) is 0 Å². The Hall–Kier alpha value is -1.06. The Labute approximate surface area is 116 Å². The van der Waals surface area contributed by atoms with Gasteiger partial charge in [0.05, 0.1) is 6.61 Å². The van der Waals surface area contributed by atoms with Gasteiger partial charge in [-0.15, -0.1) is 0 Å². The van der Waals surface area contributed by atoms with Crippen LogP contribution in [0.1, 0.15) is 25.3 Å². The van der Waals surface area contributed by atoms with Gasteiger partial charge in [0.2, 0.25) is 0 Å². The first-order chi connectivity index (χ1) is 9.29. The Bertz CT molecular complexity index is 358. The number of nitrogens with zero attached hydrogens (tertiary/aromatic N) is 1. The summed E-state index contributed by atoms with van der Waals surface area (Å²) in [5.74, 6) is 0.681. The normalized spacial score (nSPS) is 19.4. The predicted octanol–water partition coefficient (Wildman–Crippen LogP) is 2.66. The van der Waals surface area contributed by atoms with E-state index in [1.807, 2.05) is 0 Å². The fourth-order valence-corrected chi connectivity index (χ4v) is 2.58. The second kappa shape index (κ2) is 7.51. The Morgan fingerprint density at radius 2 is 2.11 bits per heavy atom. The zero-order valence-electron chi connectivity index (χ0n) is 12.2. The van der Waals surface area contributed by atoms with Crippen LogP contribution in [0.15, 0.2) is 24.3 Å². The van der Waals surface area contributed by atoms with E-state index in [-0.39, 0.29) is 0 Å². The summed E-state index contributed by atoms with van der Waals surface area (Å²) in [5, 5.41) is 3.35. The maximum atomic E-state index is 5.55. The molecule has 1 aromatic rings. The van der Waals surface area contributed by atoms with Crippen LogP contribution in [-0.2, 0) is 11.3 Å². The molecule has 0 radical (unpaired) electrons. The molecule has 1 aliphatic rings. The highest BCUT2D eigenvalue weighted by molar-refractivity contribution is 5.46. The van der Waals surface area contributed by atoms with Crippen molar-refractivity contribution < 1.29 is 4.74 Å². The van der Waals surface area contributed by atoms with Crippen molar-refractivity contribution in [1.29, 1.82) is 0 Å². The standard InChI is InChI=1S/C16H26N2O/c1-3-17-11-14-6-8-16(9-7-14)18(2)12-15-5-4-10-19-13-15/h6-9,15,17H,3-5,10-13H2,1-2H3. The Balaban J connectivity index is 1.85. The molecule has 0 aliphatic carbocycles. The highest BCUT2D eigenvalue weighted by Crippen LogP contribution is 2.19. The predicted molar refractivity (Wildman–Crippen MR) is 80.6 cm³/mol. The summed E-state index contributed by atoms with van der Waals surface area (Å²) in [6.45, 7) is 7.06. The monoisotopic (exact) mass is 262 g/mol. The molecule has 1 atom stereocenters. The molecule has 3 nitrogen and oxygen atoms in total. The number of nitrogens with one attached hydrogen (secondary N) is 1. The van der Waals surface area contributed by atoms with Gasteiger partial charge in [-0.2, -0.15) is 0 Å². The molecule has 106 valence electrons. The number of anilines is 1. The third kappa shape index (κ3) is 4.51. The number of ether oxygens (including phenoxy) is 1.